The fourth-order valence-electron chi connectivity index (χ4n) is 6.92. The standard InChI is InChI=1S/C19H24O4/c20-17(21)15-13-1-2-14(6-13)16(15)18(22)23-19-7-10-3-11(8-19)5-12(4-10)9-19/h1-2,10-16H,3-9H2,(H,20,21)/t10?,11?,12?,13-,14+,15?,16?,19?/m1/s1. The van der Waals surface area contributed by atoms with Gasteiger partial charge < -0.3 is 9.84 Å². The molecule has 0 radical (unpaired) electrons. The number of carboxylic acid groups (broad SMARTS) is 1. The molecular weight excluding hydrogens is 292 g/mol. The molecule has 1 N–H and O–H groups in total. The third-order valence-electron chi connectivity index (χ3n) is 7.32. The highest BCUT2D eigenvalue weighted by Gasteiger charge is 2.57. The molecule has 0 aliphatic heterocycles. The topological polar surface area (TPSA) is 63.6 Å². The van der Waals surface area contributed by atoms with Gasteiger partial charge in [-0.05, 0) is 74.5 Å². The van der Waals surface area contributed by atoms with Gasteiger partial charge in [0.25, 0.3) is 0 Å². The molecule has 4 heteroatoms. The fourth-order valence-corrected chi connectivity index (χ4v) is 6.92. The Morgan fingerprint density at radius 2 is 1.39 bits per heavy atom. The highest BCUT2D eigenvalue weighted by Crippen LogP contribution is 2.58. The summed E-state index contributed by atoms with van der Waals surface area (Å²) in [6.45, 7) is 0. The Bertz CT molecular complexity index is 557. The molecule has 6 aliphatic carbocycles. The highest BCUT2D eigenvalue weighted by atomic mass is 16.6. The molecule has 6 aliphatic rings. The second-order valence-electron chi connectivity index (χ2n) is 8.86. The molecule has 0 aromatic heterocycles. The molecule has 23 heavy (non-hydrogen) atoms. The summed E-state index contributed by atoms with van der Waals surface area (Å²) in [6, 6.07) is 0. The lowest BCUT2D eigenvalue weighted by Crippen LogP contribution is -2.53. The van der Waals surface area contributed by atoms with Crippen molar-refractivity contribution < 1.29 is 19.4 Å². The van der Waals surface area contributed by atoms with Crippen LogP contribution in [-0.2, 0) is 14.3 Å². The van der Waals surface area contributed by atoms with Crippen LogP contribution in [0.25, 0.3) is 0 Å². The summed E-state index contributed by atoms with van der Waals surface area (Å²) in [5.41, 5.74) is -0.263. The van der Waals surface area contributed by atoms with Gasteiger partial charge in [0.05, 0.1) is 11.8 Å². The van der Waals surface area contributed by atoms with Crippen LogP contribution >= 0.6 is 0 Å². The SMILES string of the molecule is O=C(O)C1C(C(=O)OC23CC4CC(CC(C4)C2)C3)[C@H]2C=C[C@@H]1C2. The van der Waals surface area contributed by atoms with E-state index in [-0.39, 0.29) is 23.4 Å². The smallest absolute Gasteiger partial charge is 0.310 e. The van der Waals surface area contributed by atoms with E-state index in [1.807, 2.05) is 12.2 Å². The number of carboxylic acids is 1. The number of aliphatic carboxylic acids is 1. The Labute approximate surface area is 136 Å². The highest BCUT2D eigenvalue weighted by molar-refractivity contribution is 5.83. The second-order valence-corrected chi connectivity index (χ2v) is 8.86. The molecule has 2 unspecified atom stereocenters. The Kier molecular flexibility index (Phi) is 2.82. The molecule has 6 bridgehead atoms. The molecular formula is C19H24O4. The van der Waals surface area contributed by atoms with Crippen molar-refractivity contribution in [1.82, 2.24) is 0 Å². The van der Waals surface area contributed by atoms with E-state index in [1.165, 1.54) is 19.3 Å². The maximum Gasteiger partial charge on any atom is 0.310 e. The van der Waals surface area contributed by atoms with E-state index in [1.54, 1.807) is 0 Å². The van der Waals surface area contributed by atoms with Crippen molar-refractivity contribution in [2.75, 3.05) is 0 Å². The van der Waals surface area contributed by atoms with Gasteiger partial charge in [-0.1, -0.05) is 12.2 Å². The van der Waals surface area contributed by atoms with Gasteiger partial charge in [-0.15, -0.1) is 0 Å². The molecule has 0 aromatic carbocycles. The molecule has 5 saturated carbocycles. The van der Waals surface area contributed by atoms with E-state index >= 15 is 0 Å². The largest absolute Gasteiger partial charge is 0.481 e. The monoisotopic (exact) mass is 316 g/mol. The predicted molar refractivity (Wildman–Crippen MR) is 82.3 cm³/mol. The average Bonchev–Trinajstić information content (AvgIpc) is 3.05. The zero-order chi connectivity index (χ0) is 15.8. The lowest BCUT2D eigenvalue weighted by atomic mass is 9.54. The zero-order valence-electron chi connectivity index (χ0n) is 13.3. The summed E-state index contributed by atoms with van der Waals surface area (Å²) >= 11 is 0. The first-order valence-corrected chi connectivity index (χ1v) is 9.17. The third-order valence-corrected chi connectivity index (χ3v) is 7.32. The van der Waals surface area contributed by atoms with Crippen molar-refractivity contribution in [3.05, 3.63) is 12.2 Å². The molecule has 0 amide bonds. The van der Waals surface area contributed by atoms with Gasteiger partial charge in [0, 0.05) is 0 Å². The van der Waals surface area contributed by atoms with Crippen molar-refractivity contribution >= 4 is 11.9 Å². The van der Waals surface area contributed by atoms with Gasteiger partial charge in [-0.25, -0.2) is 0 Å². The number of carbonyl (C=O) groups excluding carboxylic acids is 1. The molecule has 4 nitrogen and oxygen atoms in total. The maximum atomic E-state index is 12.9. The number of fused-ring (bicyclic) bond motifs is 2. The lowest BCUT2D eigenvalue weighted by Gasteiger charge is -2.56. The molecule has 0 aromatic rings. The minimum absolute atomic E-state index is 0.0198. The Morgan fingerprint density at radius 1 is 0.870 bits per heavy atom. The number of rotatable bonds is 3. The van der Waals surface area contributed by atoms with Gasteiger partial charge in [-0.3, -0.25) is 9.59 Å². The maximum absolute atomic E-state index is 12.9. The van der Waals surface area contributed by atoms with Gasteiger partial charge >= 0.3 is 11.9 Å². The number of allylic oxidation sites excluding steroid dienone is 2. The van der Waals surface area contributed by atoms with Crippen molar-refractivity contribution in [1.29, 1.82) is 0 Å². The van der Waals surface area contributed by atoms with Crippen LogP contribution in [0.1, 0.15) is 44.9 Å². The van der Waals surface area contributed by atoms with Crippen LogP contribution in [0.15, 0.2) is 12.2 Å². The minimum Gasteiger partial charge on any atom is -0.481 e. The third kappa shape index (κ3) is 2.03. The van der Waals surface area contributed by atoms with Crippen LogP contribution in [0.4, 0.5) is 0 Å². The number of carbonyl (C=O) groups is 2. The summed E-state index contributed by atoms with van der Waals surface area (Å²) in [7, 11) is 0. The molecule has 124 valence electrons. The molecule has 0 heterocycles. The first kappa shape index (κ1) is 14.1. The van der Waals surface area contributed by atoms with E-state index in [0.717, 1.165) is 43.4 Å². The van der Waals surface area contributed by atoms with Crippen LogP contribution < -0.4 is 0 Å². The van der Waals surface area contributed by atoms with Crippen molar-refractivity contribution in [3.63, 3.8) is 0 Å². The Hall–Kier alpha value is -1.32. The molecule has 0 saturated heterocycles. The van der Waals surface area contributed by atoms with E-state index < -0.39 is 17.8 Å². The van der Waals surface area contributed by atoms with Gasteiger partial charge in [0.2, 0.25) is 0 Å². The van der Waals surface area contributed by atoms with Crippen LogP contribution in [-0.4, -0.2) is 22.6 Å². The number of hydrogen-bond acceptors (Lipinski definition) is 3. The van der Waals surface area contributed by atoms with E-state index in [4.69, 9.17) is 4.74 Å². The Balaban J connectivity index is 1.37. The first-order chi connectivity index (χ1) is 11.0. The van der Waals surface area contributed by atoms with Crippen molar-refractivity contribution in [2.24, 2.45) is 41.4 Å². The van der Waals surface area contributed by atoms with Crippen LogP contribution in [0.3, 0.4) is 0 Å². The van der Waals surface area contributed by atoms with Gasteiger partial charge in [0.15, 0.2) is 0 Å². The van der Waals surface area contributed by atoms with Crippen LogP contribution in [0, 0.1) is 41.4 Å². The Morgan fingerprint density at radius 3 is 1.91 bits per heavy atom. The van der Waals surface area contributed by atoms with Crippen molar-refractivity contribution in [3.8, 4) is 0 Å². The molecule has 4 atom stereocenters. The number of ether oxygens (including phenoxy) is 1. The van der Waals surface area contributed by atoms with E-state index in [9.17, 15) is 14.7 Å². The summed E-state index contributed by atoms with van der Waals surface area (Å²) in [5.74, 6) is 0.166. The van der Waals surface area contributed by atoms with Crippen LogP contribution in [0.2, 0.25) is 0 Å². The predicted octanol–water partition coefficient (Wildman–Crippen LogP) is 3.02. The first-order valence-electron chi connectivity index (χ1n) is 9.17. The van der Waals surface area contributed by atoms with E-state index in [2.05, 4.69) is 0 Å². The zero-order valence-corrected chi connectivity index (χ0v) is 13.3. The quantitative estimate of drug-likeness (QED) is 0.642. The molecule has 0 spiro atoms. The van der Waals surface area contributed by atoms with Gasteiger partial charge in [0.1, 0.15) is 5.60 Å². The molecule has 5 fully saturated rings. The summed E-state index contributed by atoms with van der Waals surface area (Å²) < 4.78 is 6.13. The fraction of sp³-hybridized carbons (Fsp3) is 0.789. The molecule has 6 rings (SSSR count). The van der Waals surface area contributed by atoms with E-state index in [0.29, 0.717) is 0 Å². The summed E-state index contributed by atoms with van der Waals surface area (Å²) in [5, 5.41) is 9.54. The van der Waals surface area contributed by atoms with Gasteiger partial charge in [-0.2, -0.15) is 0 Å². The second kappa shape index (κ2) is 4.61. The minimum atomic E-state index is -0.839. The average molecular weight is 316 g/mol. The number of hydrogen-bond donors (Lipinski definition) is 1. The number of esters is 1. The van der Waals surface area contributed by atoms with Crippen LogP contribution in [0.5, 0.6) is 0 Å². The summed E-state index contributed by atoms with van der Waals surface area (Å²) in [4.78, 5) is 24.5. The summed E-state index contributed by atoms with van der Waals surface area (Å²) in [6.07, 6.45) is 11.8. The lowest BCUT2D eigenvalue weighted by molar-refractivity contribution is -0.194. The van der Waals surface area contributed by atoms with Crippen molar-refractivity contribution in [2.45, 2.75) is 50.5 Å². The normalized spacial score (nSPS) is 52.1.